The predicted molar refractivity (Wildman–Crippen MR) is 99.9 cm³/mol. The highest BCUT2D eigenvalue weighted by atomic mass is 32.2. The van der Waals surface area contributed by atoms with Gasteiger partial charge >= 0.3 is 6.03 Å². The maximum Gasteiger partial charge on any atom is 0.317 e. The van der Waals surface area contributed by atoms with Gasteiger partial charge in [-0.2, -0.15) is 4.31 Å². The minimum absolute atomic E-state index is 0.00146. The molecule has 1 fully saturated rings. The highest BCUT2D eigenvalue weighted by Crippen LogP contribution is 2.15. The molecule has 2 rings (SSSR count). The minimum Gasteiger partial charge on any atom is -0.333 e. The fraction of sp³-hybridized carbons (Fsp3) is 0.611. The summed E-state index contributed by atoms with van der Waals surface area (Å²) in [7, 11) is -3.38. The lowest BCUT2D eigenvalue weighted by molar-refractivity contribution is 0.191. The van der Waals surface area contributed by atoms with Gasteiger partial charge in [0.05, 0.1) is 5.75 Å². The lowest BCUT2D eigenvalue weighted by Gasteiger charge is -2.27. The Hall–Kier alpha value is -1.60. The van der Waals surface area contributed by atoms with Crippen LogP contribution in [0.3, 0.4) is 0 Å². The number of rotatable bonds is 3. The van der Waals surface area contributed by atoms with Crippen LogP contribution in [0.4, 0.5) is 4.79 Å². The molecule has 1 N–H and O–H groups in total. The summed E-state index contributed by atoms with van der Waals surface area (Å²) in [4.78, 5) is 14.0. The molecule has 0 bridgehead atoms. The molecule has 0 aliphatic carbocycles. The number of nitrogens with zero attached hydrogens (tertiary/aromatic N) is 2. The second kappa shape index (κ2) is 7.74. The van der Waals surface area contributed by atoms with Gasteiger partial charge in [0, 0.05) is 31.7 Å². The molecule has 0 radical (unpaired) electrons. The molecule has 6 nitrogen and oxygen atoms in total. The molecule has 25 heavy (non-hydrogen) atoms. The van der Waals surface area contributed by atoms with E-state index in [1.54, 1.807) is 4.90 Å². The van der Waals surface area contributed by atoms with Crippen molar-refractivity contribution < 1.29 is 13.2 Å². The van der Waals surface area contributed by atoms with E-state index in [4.69, 9.17) is 0 Å². The average molecular weight is 368 g/mol. The van der Waals surface area contributed by atoms with Gasteiger partial charge in [-0.25, -0.2) is 13.2 Å². The van der Waals surface area contributed by atoms with Gasteiger partial charge < -0.3 is 10.2 Å². The third kappa shape index (κ3) is 6.01. The van der Waals surface area contributed by atoms with Crippen LogP contribution < -0.4 is 5.32 Å². The fourth-order valence-electron chi connectivity index (χ4n) is 2.76. The van der Waals surface area contributed by atoms with Crippen molar-refractivity contribution in [2.75, 3.05) is 26.2 Å². The molecule has 0 unspecified atom stereocenters. The Bertz CT molecular complexity index is 693. The molecular weight excluding hydrogens is 338 g/mol. The Balaban J connectivity index is 1.99. The highest BCUT2D eigenvalue weighted by Gasteiger charge is 2.28. The van der Waals surface area contributed by atoms with E-state index in [9.17, 15) is 13.2 Å². The lowest BCUT2D eigenvalue weighted by Crippen LogP contribution is -2.49. The zero-order valence-corrected chi connectivity index (χ0v) is 16.4. The fourth-order valence-corrected chi connectivity index (χ4v) is 4.32. The van der Waals surface area contributed by atoms with Crippen molar-refractivity contribution in [3.8, 4) is 0 Å². The second-order valence-corrected chi connectivity index (χ2v) is 9.63. The summed E-state index contributed by atoms with van der Waals surface area (Å²) in [5.74, 6) is 0.00146. The normalized spacial score (nSPS) is 17.2. The second-order valence-electron chi connectivity index (χ2n) is 7.66. The largest absolute Gasteiger partial charge is 0.333 e. The number of sulfonamides is 1. The number of amides is 2. The Morgan fingerprint density at radius 1 is 1.08 bits per heavy atom. The molecule has 0 saturated carbocycles. The van der Waals surface area contributed by atoms with Crippen LogP contribution in [-0.2, 0) is 15.8 Å². The van der Waals surface area contributed by atoms with Gasteiger partial charge in [0.1, 0.15) is 0 Å². The van der Waals surface area contributed by atoms with Crippen LogP contribution in [0.5, 0.6) is 0 Å². The van der Waals surface area contributed by atoms with Crippen molar-refractivity contribution in [2.24, 2.45) is 0 Å². The number of nitrogens with one attached hydrogen (secondary N) is 1. The molecule has 1 aromatic rings. The summed E-state index contributed by atoms with van der Waals surface area (Å²) in [6, 6.07) is 7.42. The van der Waals surface area contributed by atoms with Gasteiger partial charge in [-0.3, -0.25) is 0 Å². The summed E-state index contributed by atoms with van der Waals surface area (Å²) in [5.41, 5.74) is 1.59. The summed E-state index contributed by atoms with van der Waals surface area (Å²) < 4.78 is 26.9. The van der Waals surface area contributed by atoms with Gasteiger partial charge in [-0.1, -0.05) is 29.8 Å². The molecule has 1 aliphatic heterocycles. The number of urea groups is 1. The molecule has 0 atom stereocenters. The van der Waals surface area contributed by atoms with Gasteiger partial charge in [0.2, 0.25) is 10.0 Å². The van der Waals surface area contributed by atoms with Crippen LogP contribution in [0, 0.1) is 6.92 Å². The van der Waals surface area contributed by atoms with Crippen molar-refractivity contribution in [1.82, 2.24) is 14.5 Å². The van der Waals surface area contributed by atoms with Crippen molar-refractivity contribution >= 4 is 16.1 Å². The van der Waals surface area contributed by atoms with E-state index in [1.807, 2.05) is 52.0 Å². The quantitative estimate of drug-likeness (QED) is 0.891. The zero-order valence-electron chi connectivity index (χ0n) is 15.6. The lowest BCUT2D eigenvalue weighted by atomic mass is 10.1. The minimum atomic E-state index is -3.38. The third-order valence-corrected chi connectivity index (χ3v) is 5.94. The first-order valence-electron chi connectivity index (χ1n) is 8.67. The van der Waals surface area contributed by atoms with E-state index < -0.39 is 10.0 Å². The van der Waals surface area contributed by atoms with E-state index >= 15 is 0 Å². The van der Waals surface area contributed by atoms with Crippen molar-refractivity contribution in [3.05, 3.63) is 35.4 Å². The predicted octanol–water partition coefficient (Wildman–Crippen LogP) is 2.34. The maximum absolute atomic E-state index is 12.7. The van der Waals surface area contributed by atoms with Crippen molar-refractivity contribution in [2.45, 2.75) is 45.4 Å². The molecule has 1 aromatic carbocycles. The van der Waals surface area contributed by atoms with E-state index in [2.05, 4.69) is 5.32 Å². The molecule has 1 aliphatic rings. The van der Waals surface area contributed by atoms with Crippen LogP contribution in [0.25, 0.3) is 0 Å². The maximum atomic E-state index is 12.7. The Kier molecular flexibility index (Phi) is 6.11. The van der Waals surface area contributed by atoms with E-state index in [0.717, 1.165) is 11.1 Å². The molecular formula is C18H29N3O3S. The van der Waals surface area contributed by atoms with Gasteiger partial charge in [0.25, 0.3) is 0 Å². The van der Waals surface area contributed by atoms with Crippen LogP contribution in [0.15, 0.2) is 24.3 Å². The molecule has 140 valence electrons. The van der Waals surface area contributed by atoms with Crippen LogP contribution in [0.1, 0.15) is 38.3 Å². The number of carbonyl (C=O) groups excluding carboxylic acids is 1. The SMILES string of the molecule is Cc1ccc(CS(=O)(=O)N2CCCN(C(=O)NC(C)(C)C)CC2)cc1. The number of hydrogen-bond acceptors (Lipinski definition) is 3. The van der Waals surface area contributed by atoms with Gasteiger partial charge in [0.15, 0.2) is 0 Å². The summed E-state index contributed by atoms with van der Waals surface area (Å²) >= 11 is 0. The first-order chi connectivity index (χ1) is 11.6. The molecule has 0 aromatic heterocycles. The Labute approximate surface area is 151 Å². The molecule has 0 spiro atoms. The highest BCUT2D eigenvalue weighted by molar-refractivity contribution is 7.88. The number of benzene rings is 1. The van der Waals surface area contributed by atoms with Crippen LogP contribution in [0.2, 0.25) is 0 Å². The molecule has 2 amide bonds. The Morgan fingerprint density at radius 2 is 1.72 bits per heavy atom. The van der Waals surface area contributed by atoms with Crippen molar-refractivity contribution in [1.29, 1.82) is 0 Å². The average Bonchev–Trinajstić information content (AvgIpc) is 2.74. The monoisotopic (exact) mass is 367 g/mol. The number of carbonyl (C=O) groups is 1. The van der Waals surface area contributed by atoms with E-state index in [1.165, 1.54) is 4.31 Å². The van der Waals surface area contributed by atoms with Crippen molar-refractivity contribution in [3.63, 3.8) is 0 Å². The van der Waals surface area contributed by atoms with Gasteiger partial charge in [-0.05, 0) is 39.7 Å². The standard InChI is InChI=1S/C18H29N3O3S/c1-15-6-8-16(9-7-15)14-25(23,24)21-11-5-10-20(12-13-21)17(22)19-18(2,3)4/h6-9H,5,10-14H2,1-4H3,(H,19,22). The Morgan fingerprint density at radius 3 is 2.32 bits per heavy atom. The first kappa shape index (κ1) is 19.7. The van der Waals surface area contributed by atoms with E-state index in [0.29, 0.717) is 32.6 Å². The van der Waals surface area contributed by atoms with Crippen LogP contribution >= 0.6 is 0 Å². The molecule has 1 heterocycles. The number of hydrogen-bond donors (Lipinski definition) is 1. The summed E-state index contributed by atoms with van der Waals surface area (Å²) in [6.45, 7) is 9.54. The number of aryl methyl sites for hydroxylation is 1. The van der Waals surface area contributed by atoms with Gasteiger partial charge in [-0.15, -0.1) is 0 Å². The molecule has 7 heteroatoms. The summed E-state index contributed by atoms with van der Waals surface area (Å²) in [6.07, 6.45) is 0.644. The van der Waals surface area contributed by atoms with E-state index in [-0.39, 0.29) is 17.3 Å². The summed E-state index contributed by atoms with van der Waals surface area (Å²) in [5, 5.41) is 2.93. The third-order valence-electron chi connectivity index (χ3n) is 4.09. The molecule has 1 saturated heterocycles. The topological polar surface area (TPSA) is 69.7 Å². The first-order valence-corrected chi connectivity index (χ1v) is 10.3. The van der Waals surface area contributed by atoms with Crippen LogP contribution in [-0.4, -0.2) is 55.4 Å². The zero-order chi connectivity index (χ0) is 18.7. The smallest absolute Gasteiger partial charge is 0.317 e.